The molecular weight excluding hydrogens is 194 g/mol. The van der Waals surface area contributed by atoms with Crippen molar-refractivity contribution in [3.63, 3.8) is 0 Å². The molecule has 1 heteroatoms. The molecule has 0 bridgehead atoms. The Balaban J connectivity index is 2.52. The molecule has 0 saturated carbocycles. The van der Waals surface area contributed by atoms with Gasteiger partial charge in [-0.05, 0) is 23.8 Å². The number of hydrogen-bond donors (Lipinski definition) is 0. The van der Waals surface area contributed by atoms with Crippen LogP contribution >= 0.6 is 0 Å². The van der Waals surface area contributed by atoms with Crippen molar-refractivity contribution in [2.24, 2.45) is 5.41 Å². The highest BCUT2D eigenvalue weighted by atomic mass is 14.2. The molecule has 1 rings (SSSR count). The smallest absolute Gasteiger partial charge is 0.0621 e. The Hall–Kier alpha value is -1.55. The van der Waals surface area contributed by atoms with E-state index in [9.17, 15) is 0 Å². The van der Waals surface area contributed by atoms with Crippen LogP contribution in [-0.4, -0.2) is 0 Å². The van der Waals surface area contributed by atoms with Gasteiger partial charge in [0.25, 0.3) is 0 Å². The lowest BCUT2D eigenvalue weighted by atomic mass is 9.86. The van der Waals surface area contributed by atoms with E-state index >= 15 is 0 Å². The fraction of sp³-hybridized carbons (Fsp3) is 0.400. The summed E-state index contributed by atoms with van der Waals surface area (Å²) in [6.45, 7) is 4.42. The molecule has 0 saturated heterocycles. The van der Waals surface area contributed by atoms with E-state index in [1.165, 1.54) is 5.56 Å². The predicted octanol–water partition coefficient (Wildman–Crippen LogP) is 4.42. The van der Waals surface area contributed by atoms with E-state index in [4.69, 9.17) is 5.26 Å². The van der Waals surface area contributed by atoms with Crippen molar-refractivity contribution in [2.45, 2.75) is 33.1 Å². The molecule has 0 aliphatic carbocycles. The first kappa shape index (κ1) is 12.5. The van der Waals surface area contributed by atoms with E-state index in [0.29, 0.717) is 6.42 Å². The van der Waals surface area contributed by atoms with E-state index in [-0.39, 0.29) is 5.41 Å². The van der Waals surface area contributed by atoms with Gasteiger partial charge in [0.15, 0.2) is 0 Å². The van der Waals surface area contributed by atoms with Gasteiger partial charge in [0.05, 0.1) is 6.07 Å². The van der Waals surface area contributed by atoms with Crippen LogP contribution in [0, 0.1) is 16.7 Å². The number of hydrogen-bond acceptors (Lipinski definition) is 1. The first-order chi connectivity index (χ1) is 7.64. The molecule has 0 fully saturated rings. The summed E-state index contributed by atoms with van der Waals surface area (Å²) in [4.78, 5) is 0. The van der Waals surface area contributed by atoms with Crippen LogP contribution in [0.2, 0.25) is 0 Å². The monoisotopic (exact) mass is 213 g/mol. The Morgan fingerprint density at radius 2 is 1.94 bits per heavy atom. The van der Waals surface area contributed by atoms with Gasteiger partial charge < -0.3 is 0 Å². The maximum absolute atomic E-state index is 8.50. The van der Waals surface area contributed by atoms with Gasteiger partial charge in [-0.15, -0.1) is 0 Å². The third kappa shape index (κ3) is 4.79. The highest BCUT2D eigenvalue weighted by Gasteiger charge is 2.12. The first-order valence-corrected chi connectivity index (χ1v) is 5.75. The van der Waals surface area contributed by atoms with Crippen molar-refractivity contribution < 1.29 is 0 Å². The zero-order valence-electron chi connectivity index (χ0n) is 10.1. The lowest BCUT2D eigenvalue weighted by molar-refractivity contribution is 0.426. The molecule has 1 aromatic rings. The highest BCUT2D eigenvalue weighted by Crippen LogP contribution is 2.25. The molecule has 84 valence electrons. The molecule has 1 aromatic carbocycles. The highest BCUT2D eigenvalue weighted by molar-refractivity contribution is 5.49. The zero-order valence-corrected chi connectivity index (χ0v) is 10.1. The van der Waals surface area contributed by atoms with Crippen molar-refractivity contribution in [1.82, 2.24) is 0 Å². The molecule has 0 radical (unpaired) electrons. The molecule has 0 aliphatic rings. The summed E-state index contributed by atoms with van der Waals surface area (Å²) in [5.74, 6) is 0. The SMILES string of the molecule is CC(C)(/C=C/c1ccccc1)CCCC#N. The third-order valence-corrected chi connectivity index (χ3v) is 2.64. The van der Waals surface area contributed by atoms with Crippen molar-refractivity contribution in [3.8, 4) is 6.07 Å². The minimum Gasteiger partial charge on any atom is -0.198 e. The van der Waals surface area contributed by atoms with Crippen LogP contribution in [0.15, 0.2) is 36.4 Å². The summed E-state index contributed by atoms with van der Waals surface area (Å²) in [5, 5.41) is 8.50. The second-order valence-corrected chi connectivity index (χ2v) is 4.74. The molecular formula is C15H19N. The summed E-state index contributed by atoms with van der Waals surface area (Å²) < 4.78 is 0. The lowest BCUT2D eigenvalue weighted by Crippen LogP contribution is -2.06. The molecule has 1 nitrogen and oxygen atoms in total. The number of benzene rings is 1. The van der Waals surface area contributed by atoms with Crippen molar-refractivity contribution in [2.75, 3.05) is 0 Å². The predicted molar refractivity (Wildman–Crippen MR) is 68.7 cm³/mol. The lowest BCUT2D eigenvalue weighted by Gasteiger charge is -2.19. The topological polar surface area (TPSA) is 23.8 Å². The molecule has 0 aliphatic heterocycles. The Bertz CT molecular complexity index is 368. The summed E-state index contributed by atoms with van der Waals surface area (Å²) in [6.07, 6.45) is 7.08. The maximum Gasteiger partial charge on any atom is 0.0621 e. The summed E-state index contributed by atoms with van der Waals surface area (Å²) in [5.41, 5.74) is 1.41. The average Bonchev–Trinajstić information content (AvgIpc) is 2.28. The molecule has 16 heavy (non-hydrogen) atoms. The number of nitrogens with zero attached hydrogens (tertiary/aromatic N) is 1. The summed E-state index contributed by atoms with van der Waals surface area (Å²) in [7, 11) is 0. The summed E-state index contributed by atoms with van der Waals surface area (Å²) in [6, 6.07) is 12.5. The van der Waals surface area contributed by atoms with Gasteiger partial charge in [0.1, 0.15) is 0 Å². The van der Waals surface area contributed by atoms with Gasteiger partial charge in [-0.1, -0.05) is 56.3 Å². The number of rotatable bonds is 5. The molecule has 0 N–H and O–H groups in total. The Morgan fingerprint density at radius 3 is 2.56 bits per heavy atom. The van der Waals surface area contributed by atoms with Gasteiger partial charge in [-0.3, -0.25) is 0 Å². The van der Waals surface area contributed by atoms with Crippen LogP contribution in [0.1, 0.15) is 38.7 Å². The molecule has 0 amide bonds. The van der Waals surface area contributed by atoms with Crippen LogP contribution in [0.25, 0.3) is 6.08 Å². The molecule has 0 unspecified atom stereocenters. The van der Waals surface area contributed by atoms with Crippen molar-refractivity contribution in [3.05, 3.63) is 42.0 Å². The normalized spacial score (nSPS) is 11.6. The average molecular weight is 213 g/mol. The largest absolute Gasteiger partial charge is 0.198 e. The fourth-order valence-electron chi connectivity index (χ4n) is 1.59. The Labute approximate surface area is 98.4 Å². The molecule has 0 spiro atoms. The van der Waals surface area contributed by atoms with Crippen molar-refractivity contribution in [1.29, 1.82) is 5.26 Å². The fourth-order valence-corrected chi connectivity index (χ4v) is 1.59. The zero-order chi connectivity index (χ0) is 11.9. The van der Waals surface area contributed by atoms with E-state index in [2.05, 4.69) is 44.2 Å². The van der Waals surface area contributed by atoms with Gasteiger partial charge in [-0.2, -0.15) is 5.26 Å². The molecule has 0 atom stereocenters. The Kier molecular flexibility index (Phi) is 4.79. The van der Waals surface area contributed by atoms with Crippen molar-refractivity contribution >= 4 is 6.08 Å². The van der Waals surface area contributed by atoms with Gasteiger partial charge in [0, 0.05) is 6.42 Å². The van der Waals surface area contributed by atoms with Crippen LogP contribution in [-0.2, 0) is 0 Å². The maximum atomic E-state index is 8.50. The number of allylic oxidation sites excluding steroid dienone is 1. The molecule has 0 aromatic heterocycles. The van der Waals surface area contributed by atoms with E-state index < -0.39 is 0 Å². The number of nitriles is 1. The Morgan fingerprint density at radius 1 is 1.25 bits per heavy atom. The van der Waals surface area contributed by atoms with Crippen LogP contribution in [0.3, 0.4) is 0 Å². The quantitative estimate of drug-likeness (QED) is 0.664. The third-order valence-electron chi connectivity index (χ3n) is 2.64. The minimum absolute atomic E-state index is 0.173. The van der Waals surface area contributed by atoms with Crippen LogP contribution in [0.4, 0.5) is 0 Å². The van der Waals surface area contributed by atoms with E-state index in [0.717, 1.165) is 12.8 Å². The van der Waals surface area contributed by atoms with Crippen LogP contribution < -0.4 is 0 Å². The summed E-state index contributed by atoms with van der Waals surface area (Å²) >= 11 is 0. The minimum atomic E-state index is 0.173. The second kappa shape index (κ2) is 6.12. The van der Waals surface area contributed by atoms with Gasteiger partial charge in [0.2, 0.25) is 0 Å². The molecule has 0 heterocycles. The van der Waals surface area contributed by atoms with E-state index in [1.54, 1.807) is 0 Å². The van der Waals surface area contributed by atoms with Crippen LogP contribution in [0.5, 0.6) is 0 Å². The van der Waals surface area contributed by atoms with Gasteiger partial charge >= 0.3 is 0 Å². The van der Waals surface area contributed by atoms with Gasteiger partial charge in [-0.25, -0.2) is 0 Å². The second-order valence-electron chi connectivity index (χ2n) is 4.74. The standard InChI is InChI=1S/C15H19N/c1-15(2,11-6-7-13-16)12-10-14-8-4-3-5-9-14/h3-5,8-10,12H,6-7,11H2,1-2H3/b12-10+. The first-order valence-electron chi connectivity index (χ1n) is 5.75. The van der Waals surface area contributed by atoms with E-state index in [1.807, 2.05) is 18.2 Å². The number of unbranched alkanes of at least 4 members (excludes halogenated alkanes) is 1.